The summed E-state index contributed by atoms with van der Waals surface area (Å²) in [6, 6.07) is 0. The van der Waals surface area contributed by atoms with Gasteiger partial charge in [0.05, 0.1) is 12.2 Å². The molecule has 25 heavy (non-hydrogen) atoms. The van der Waals surface area contributed by atoms with Crippen LogP contribution in [0.3, 0.4) is 0 Å². The van der Waals surface area contributed by atoms with E-state index in [9.17, 15) is 0 Å². The largest absolute Gasteiger partial charge is 0.385 e. The minimum atomic E-state index is 0. The highest BCUT2D eigenvalue weighted by Gasteiger charge is 2.41. The van der Waals surface area contributed by atoms with Crippen LogP contribution in [0.25, 0.3) is 0 Å². The molecule has 0 aromatic carbocycles. The van der Waals surface area contributed by atoms with Gasteiger partial charge in [0.2, 0.25) is 0 Å². The zero-order chi connectivity index (χ0) is 17.4. The van der Waals surface area contributed by atoms with Gasteiger partial charge in [0, 0.05) is 38.8 Å². The lowest BCUT2D eigenvalue weighted by molar-refractivity contribution is 0.172. The van der Waals surface area contributed by atoms with Crippen LogP contribution in [0.1, 0.15) is 57.1 Å². The van der Waals surface area contributed by atoms with Crippen molar-refractivity contribution in [3.8, 4) is 0 Å². The molecule has 1 saturated carbocycles. The number of ether oxygens (including phenoxy) is 1. The van der Waals surface area contributed by atoms with Crippen molar-refractivity contribution in [1.82, 2.24) is 15.8 Å². The highest BCUT2D eigenvalue weighted by atomic mass is 127. The van der Waals surface area contributed by atoms with Crippen LogP contribution in [-0.2, 0) is 24.1 Å². The molecule has 0 radical (unpaired) electrons. The van der Waals surface area contributed by atoms with Gasteiger partial charge in [0.15, 0.2) is 5.96 Å². The van der Waals surface area contributed by atoms with Crippen molar-refractivity contribution in [1.29, 1.82) is 0 Å². The Morgan fingerprint density at radius 1 is 1.24 bits per heavy atom. The van der Waals surface area contributed by atoms with Crippen LogP contribution in [0.15, 0.2) is 9.52 Å². The van der Waals surface area contributed by atoms with E-state index in [0.29, 0.717) is 12.0 Å². The minimum absolute atomic E-state index is 0. The topological polar surface area (TPSA) is 71.7 Å². The molecule has 2 N–H and O–H groups in total. The van der Waals surface area contributed by atoms with Crippen molar-refractivity contribution in [2.75, 3.05) is 26.8 Å². The van der Waals surface area contributed by atoms with E-state index in [1.165, 1.54) is 12.8 Å². The Hall–Kier alpha value is -0.830. The molecule has 0 unspecified atom stereocenters. The second kappa shape index (κ2) is 11.0. The normalized spacial score (nSPS) is 15.6. The molecule has 144 valence electrons. The third-order valence-corrected chi connectivity index (χ3v) is 4.77. The maximum Gasteiger partial charge on any atom is 0.191 e. The zero-order valence-electron chi connectivity index (χ0n) is 16.0. The Labute approximate surface area is 168 Å². The molecule has 0 bridgehead atoms. The van der Waals surface area contributed by atoms with Crippen LogP contribution in [0.5, 0.6) is 0 Å². The third-order valence-electron chi connectivity index (χ3n) is 4.77. The number of rotatable bonds is 10. The molecule has 7 heteroatoms. The highest BCUT2D eigenvalue weighted by molar-refractivity contribution is 14.0. The van der Waals surface area contributed by atoms with Gasteiger partial charge < -0.3 is 19.9 Å². The fraction of sp³-hybridized carbons (Fsp3) is 0.778. The Kier molecular flexibility index (Phi) is 9.78. The summed E-state index contributed by atoms with van der Waals surface area (Å²) in [5.41, 5.74) is 2.55. The Morgan fingerprint density at radius 2 is 2.00 bits per heavy atom. The molecule has 1 aliphatic rings. The summed E-state index contributed by atoms with van der Waals surface area (Å²) in [5, 5.41) is 11.0. The average molecular weight is 464 g/mol. The van der Waals surface area contributed by atoms with Crippen molar-refractivity contribution >= 4 is 29.9 Å². The van der Waals surface area contributed by atoms with Crippen molar-refractivity contribution in [3.05, 3.63) is 17.0 Å². The fourth-order valence-corrected chi connectivity index (χ4v) is 2.90. The second-order valence-electron chi connectivity index (χ2n) is 6.53. The summed E-state index contributed by atoms with van der Waals surface area (Å²) in [7, 11) is 1.77. The molecular formula is C18H33IN4O2. The Bertz CT molecular complexity index is 520. The number of hydrogen-bond donors (Lipinski definition) is 2. The van der Waals surface area contributed by atoms with Gasteiger partial charge in [-0.3, -0.25) is 0 Å². The van der Waals surface area contributed by atoms with Gasteiger partial charge in [-0.25, -0.2) is 4.99 Å². The lowest BCUT2D eigenvalue weighted by atomic mass is 10.0. The first kappa shape index (κ1) is 22.2. The lowest BCUT2D eigenvalue weighted by Gasteiger charge is -2.18. The number of hydrogen-bond acceptors (Lipinski definition) is 4. The molecular weight excluding hydrogens is 431 g/mol. The molecule has 0 amide bonds. The van der Waals surface area contributed by atoms with E-state index >= 15 is 0 Å². The number of aromatic nitrogens is 1. The summed E-state index contributed by atoms with van der Waals surface area (Å²) in [6.45, 7) is 9.51. The molecule has 1 fully saturated rings. The van der Waals surface area contributed by atoms with E-state index in [4.69, 9.17) is 14.3 Å². The monoisotopic (exact) mass is 464 g/mol. The second-order valence-corrected chi connectivity index (χ2v) is 6.53. The smallest absolute Gasteiger partial charge is 0.191 e. The minimum Gasteiger partial charge on any atom is -0.385 e. The molecule has 0 atom stereocenters. The number of nitrogens with zero attached hydrogens (tertiary/aromatic N) is 2. The highest BCUT2D eigenvalue weighted by Crippen LogP contribution is 2.48. The van der Waals surface area contributed by atoms with Crippen LogP contribution in [0, 0.1) is 5.41 Å². The first-order valence-electron chi connectivity index (χ1n) is 9.15. The van der Waals surface area contributed by atoms with Crippen LogP contribution in [0.4, 0.5) is 0 Å². The van der Waals surface area contributed by atoms with Crippen molar-refractivity contribution in [2.24, 2.45) is 10.4 Å². The van der Waals surface area contributed by atoms with Crippen LogP contribution < -0.4 is 10.6 Å². The number of nitrogens with one attached hydrogen (secondary N) is 2. The SMILES string of the molecule is CCNC(=NCc1c(CC)noc1CC)NCC1(CCOC)CC1.I. The molecule has 0 saturated heterocycles. The first-order valence-corrected chi connectivity index (χ1v) is 9.15. The standard InChI is InChI=1S/C18H32N4O2.HI/c1-5-15-14(16(6-2)24-22-15)12-20-17(19-7-3)21-13-18(8-9-18)10-11-23-4;/h5-13H2,1-4H3,(H2,19,20,21);1H. The van der Waals surface area contributed by atoms with Crippen molar-refractivity contribution < 1.29 is 9.26 Å². The molecule has 1 aromatic rings. The maximum absolute atomic E-state index is 5.42. The van der Waals surface area contributed by atoms with Crippen LogP contribution in [0.2, 0.25) is 0 Å². The lowest BCUT2D eigenvalue weighted by Crippen LogP contribution is -2.40. The Balaban J connectivity index is 0.00000312. The van der Waals surface area contributed by atoms with E-state index < -0.39 is 0 Å². The predicted octanol–water partition coefficient (Wildman–Crippen LogP) is 3.29. The van der Waals surface area contributed by atoms with Gasteiger partial charge in [-0.2, -0.15) is 0 Å². The van der Waals surface area contributed by atoms with E-state index in [0.717, 1.165) is 61.9 Å². The van der Waals surface area contributed by atoms with Crippen molar-refractivity contribution in [2.45, 2.75) is 59.4 Å². The average Bonchev–Trinajstić information content (AvgIpc) is 3.26. The zero-order valence-corrected chi connectivity index (χ0v) is 18.3. The van der Waals surface area contributed by atoms with Crippen molar-refractivity contribution in [3.63, 3.8) is 0 Å². The quantitative estimate of drug-likeness (QED) is 0.316. The summed E-state index contributed by atoms with van der Waals surface area (Å²) >= 11 is 0. The summed E-state index contributed by atoms with van der Waals surface area (Å²) in [5.74, 6) is 1.82. The van der Waals surface area contributed by atoms with Crippen LogP contribution in [-0.4, -0.2) is 37.9 Å². The van der Waals surface area contributed by atoms with Gasteiger partial charge in [0.1, 0.15) is 5.76 Å². The maximum atomic E-state index is 5.42. The number of aliphatic imine (C=N–C) groups is 1. The Morgan fingerprint density at radius 3 is 2.56 bits per heavy atom. The molecule has 1 heterocycles. The molecule has 2 rings (SSSR count). The number of methoxy groups -OCH3 is 1. The van der Waals surface area contributed by atoms with E-state index in [1.807, 2.05) is 0 Å². The third kappa shape index (κ3) is 6.44. The van der Waals surface area contributed by atoms with Gasteiger partial charge in [0.25, 0.3) is 0 Å². The van der Waals surface area contributed by atoms with E-state index in [1.54, 1.807) is 7.11 Å². The molecule has 1 aliphatic carbocycles. The van der Waals surface area contributed by atoms with E-state index in [-0.39, 0.29) is 24.0 Å². The predicted molar refractivity (Wildman–Crippen MR) is 112 cm³/mol. The van der Waals surface area contributed by atoms with Gasteiger partial charge >= 0.3 is 0 Å². The van der Waals surface area contributed by atoms with E-state index in [2.05, 4.69) is 36.6 Å². The summed E-state index contributed by atoms with van der Waals surface area (Å²) < 4.78 is 10.7. The van der Waals surface area contributed by atoms with Gasteiger partial charge in [-0.1, -0.05) is 19.0 Å². The molecule has 1 aromatic heterocycles. The number of guanidine groups is 1. The summed E-state index contributed by atoms with van der Waals surface area (Å²) in [4.78, 5) is 4.75. The molecule has 0 spiro atoms. The molecule has 0 aliphatic heterocycles. The van der Waals surface area contributed by atoms with Crippen LogP contribution >= 0.6 is 24.0 Å². The molecule has 6 nitrogen and oxygen atoms in total. The fourth-order valence-electron chi connectivity index (χ4n) is 2.90. The number of halogens is 1. The number of aryl methyl sites for hydroxylation is 2. The summed E-state index contributed by atoms with van der Waals surface area (Å²) in [6.07, 6.45) is 5.38. The van der Waals surface area contributed by atoms with Gasteiger partial charge in [-0.15, -0.1) is 24.0 Å². The van der Waals surface area contributed by atoms with Gasteiger partial charge in [-0.05, 0) is 38.0 Å². The first-order chi connectivity index (χ1) is 11.7.